The molecule has 160 valence electrons. The van der Waals surface area contributed by atoms with Gasteiger partial charge in [-0.2, -0.15) is 0 Å². The first-order valence-electron chi connectivity index (χ1n) is 9.95. The van der Waals surface area contributed by atoms with Crippen molar-refractivity contribution in [2.75, 3.05) is 33.2 Å². The Balaban J connectivity index is 1.81. The Hall–Kier alpha value is -2.29. The molecular formula is C22H25NO6S. The number of thioether (sulfide) groups is 1. The molecule has 2 aromatic rings. The van der Waals surface area contributed by atoms with Gasteiger partial charge in [-0.3, -0.25) is 4.79 Å². The van der Waals surface area contributed by atoms with E-state index in [1.165, 1.54) is 12.3 Å². The summed E-state index contributed by atoms with van der Waals surface area (Å²) in [6, 6.07) is 7.34. The Morgan fingerprint density at radius 1 is 1.27 bits per heavy atom. The van der Waals surface area contributed by atoms with Gasteiger partial charge in [0.2, 0.25) is 0 Å². The summed E-state index contributed by atoms with van der Waals surface area (Å²) in [5.41, 5.74) is 1.99. The number of fused-ring (bicyclic) bond motifs is 6. The van der Waals surface area contributed by atoms with E-state index < -0.39 is 11.4 Å². The quantitative estimate of drug-likeness (QED) is 0.673. The fraction of sp³-hybridized carbons (Fsp3) is 0.455. The van der Waals surface area contributed by atoms with Crippen molar-refractivity contribution < 1.29 is 24.1 Å². The molecule has 0 radical (unpaired) electrons. The van der Waals surface area contributed by atoms with Gasteiger partial charge in [0.25, 0.3) is 0 Å². The van der Waals surface area contributed by atoms with Crippen LogP contribution in [-0.4, -0.2) is 54.3 Å². The molecule has 0 aliphatic carbocycles. The van der Waals surface area contributed by atoms with Crippen LogP contribution in [0.15, 0.2) is 35.3 Å². The van der Waals surface area contributed by atoms with Gasteiger partial charge in [-0.25, -0.2) is 4.79 Å². The molecule has 0 bridgehead atoms. The maximum absolute atomic E-state index is 12.4. The number of hydrogen-bond donors (Lipinski definition) is 1. The van der Waals surface area contributed by atoms with Gasteiger partial charge >= 0.3 is 5.97 Å². The molecular weight excluding hydrogens is 406 g/mol. The molecule has 1 aromatic carbocycles. The molecule has 30 heavy (non-hydrogen) atoms. The van der Waals surface area contributed by atoms with Crippen LogP contribution >= 0.6 is 11.8 Å². The third-order valence-electron chi connectivity index (χ3n) is 5.72. The zero-order valence-corrected chi connectivity index (χ0v) is 17.8. The van der Waals surface area contributed by atoms with E-state index in [-0.39, 0.29) is 23.0 Å². The molecule has 3 atom stereocenters. The Bertz CT molecular complexity index is 1000. The number of benzene rings is 1. The molecule has 1 N–H and O–H groups in total. The maximum Gasteiger partial charge on any atom is 0.341 e. The van der Waals surface area contributed by atoms with E-state index in [1.807, 2.05) is 22.8 Å². The first-order chi connectivity index (χ1) is 14.5. The van der Waals surface area contributed by atoms with Gasteiger partial charge in [0.15, 0.2) is 5.43 Å². The summed E-state index contributed by atoms with van der Waals surface area (Å²) in [6.07, 6.45) is 3.16. The number of methoxy groups -OCH3 is 2. The van der Waals surface area contributed by atoms with Crippen LogP contribution < -0.4 is 10.2 Å². The van der Waals surface area contributed by atoms with E-state index in [9.17, 15) is 14.7 Å². The number of carboxylic acid groups (broad SMARTS) is 1. The van der Waals surface area contributed by atoms with Crippen molar-refractivity contribution in [1.29, 1.82) is 0 Å². The normalized spacial score (nSPS) is 22.0. The monoisotopic (exact) mass is 431 g/mol. The van der Waals surface area contributed by atoms with Crippen LogP contribution in [0.1, 0.15) is 40.7 Å². The highest BCUT2D eigenvalue weighted by Crippen LogP contribution is 2.52. The number of hydrogen-bond acceptors (Lipinski definition) is 6. The topological polar surface area (TPSA) is 87.0 Å². The van der Waals surface area contributed by atoms with Gasteiger partial charge in [-0.05, 0) is 35.9 Å². The smallest absolute Gasteiger partial charge is 0.341 e. The second-order valence-corrected chi connectivity index (χ2v) is 8.66. The number of rotatable bonds is 7. The molecule has 4 rings (SSSR count). The highest BCUT2D eigenvalue weighted by molar-refractivity contribution is 7.99. The summed E-state index contributed by atoms with van der Waals surface area (Å²) in [7, 11) is 3.37. The number of nitrogens with zero attached hydrogens (tertiary/aromatic N) is 1. The second-order valence-electron chi connectivity index (χ2n) is 7.45. The van der Waals surface area contributed by atoms with E-state index in [4.69, 9.17) is 14.2 Å². The van der Waals surface area contributed by atoms with Crippen molar-refractivity contribution in [3.05, 3.63) is 51.8 Å². The minimum Gasteiger partial charge on any atom is -0.493 e. The lowest BCUT2D eigenvalue weighted by Gasteiger charge is -2.43. The van der Waals surface area contributed by atoms with Crippen LogP contribution in [-0.2, 0) is 9.47 Å². The van der Waals surface area contributed by atoms with E-state index >= 15 is 0 Å². The number of aromatic nitrogens is 1. The lowest BCUT2D eigenvalue weighted by molar-refractivity contribution is 0.0693. The van der Waals surface area contributed by atoms with Crippen LogP contribution in [0.5, 0.6) is 5.75 Å². The molecule has 0 saturated carbocycles. The summed E-state index contributed by atoms with van der Waals surface area (Å²) in [5, 5.41) is 9.45. The average molecular weight is 432 g/mol. The zero-order valence-electron chi connectivity index (χ0n) is 17.0. The van der Waals surface area contributed by atoms with Crippen LogP contribution in [0.3, 0.4) is 0 Å². The highest BCUT2D eigenvalue weighted by atomic mass is 32.2. The van der Waals surface area contributed by atoms with Gasteiger partial charge in [0.1, 0.15) is 16.7 Å². The molecule has 0 spiro atoms. The number of aromatic carboxylic acids is 1. The van der Waals surface area contributed by atoms with E-state index in [2.05, 4.69) is 0 Å². The summed E-state index contributed by atoms with van der Waals surface area (Å²) >= 11 is 1.76. The second kappa shape index (κ2) is 8.83. The van der Waals surface area contributed by atoms with Crippen molar-refractivity contribution in [2.24, 2.45) is 0 Å². The average Bonchev–Trinajstić information content (AvgIpc) is 2.75. The zero-order chi connectivity index (χ0) is 21.3. The van der Waals surface area contributed by atoms with E-state index in [1.54, 1.807) is 26.0 Å². The summed E-state index contributed by atoms with van der Waals surface area (Å²) < 4.78 is 18.7. The first-order valence-corrected chi connectivity index (χ1v) is 11.0. The lowest BCUT2D eigenvalue weighted by Crippen LogP contribution is -2.37. The predicted molar refractivity (Wildman–Crippen MR) is 115 cm³/mol. The molecule has 1 aromatic heterocycles. The fourth-order valence-electron chi connectivity index (χ4n) is 4.38. The number of ether oxygens (including phenoxy) is 3. The number of carboxylic acids is 1. The fourth-order valence-corrected chi connectivity index (χ4v) is 5.66. The Labute approximate surface area is 179 Å². The predicted octanol–water partition coefficient (Wildman–Crippen LogP) is 3.38. The van der Waals surface area contributed by atoms with Crippen molar-refractivity contribution in [1.82, 2.24) is 4.57 Å². The van der Waals surface area contributed by atoms with Crippen LogP contribution in [0.2, 0.25) is 0 Å². The summed E-state index contributed by atoms with van der Waals surface area (Å²) in [5.74, 6) is 0.497. The largest absolute Gasteiger partial charge is 0.493 e. The number of pyridine rings is 1. The van der Waals surface area contributed by atoms with Crippen molar-refractivity contribution in [3.8, 4) is 17.0 Å². The SMILES string of the molecule is COCCCOc1ccc2c(c1)C1C(OC)SCCC1n1cc(C(=O)O)c(=O)cc1-2. The standard InChI is InChI=1S/C22H25NO6S/c1-27-7-3-8-29-13-4-5-14-15(10-13)20-17(6-9-30-22(20)28-2)23-12-16(21(25)26)19(24)11-18(14)23/h4-5,10-12,17,20,22H,3,6-9H2,1-2H3,(H,25,26). The maximum atomic E-state index is 12.4. The third kappa shape index (κ3) is 3.75. The Morgan fingerprint density at radius 2 is 2.10 bits per heavy atom. The lowest BCUT2D eigenvalue weighted by atomic mass is 9.81. The van der Waals surface area contributed by atoms with Crippen LogP contribution in [0.4, 0.5) is 0 Å². The van der Waals surface area contributed by atoms with Crippen molar-refractivity contribution in [2.45, 2.75) is 30.2 Å². The van der Waals surface area contributed by atoms with E-state index in [0.29, 0.717) is 13.2 Å². The van der Waals surface area contributed by atoms with Crippen LogP contribution in [0, 0.1) is 0 Å². The minimum absolute atomic E-state index is 0.0149. The molecule has 3 unspecified atom stereocenters. The Morgan fingerprint density at radius 3 is 2.83 bits per heavy atom. The molecule has 0 amide bonds. The molecule has 1 saturated heterocycles. The van der Waals surface area contributed by atoms with Gasteiger partial charge in [-0.15, -0.1) is 11.8 Å². The van der Waals surface area contributed by atoms with Gasteiger partial charge in [0, 0.05) is 57.0 Å². The number of carbonyl (C=O) groups is 1. The van der Waals surface area contributed by atoms with Gasteiger partial charge in [-0.1, -0.05) is 0 Å². The van der Waals surface area contributed by atoms with E-state index in [0.717, 1.165) is 41.2 Å². The molecule has 3 heterocycles. The van der Waals surface area contributed by atoms with Gasteiger partial charge < -0.3 is 23.9 Å². The van der Waals surface area contributed by atoms with Crippen molar-refractivity contribution in [3.63, 3.8) is 0 Å². The molecule has 2 aliphatic rings. The summed E-state index contributed by atoms with van der Waals surface area (Å²) in [6.45, 7) is 1.20. The minimum atomic E-state index is -1.20. The molecule has 7 nitrogen and oxygen atoms in total. The molecule has 8 heteroatoms. The molecule has 1 fully saturated rings. The third-order valence-corrected chi connectivity index (χ3v) is 7.01. The van der Waals surface area contributed by atoms with Crippen LogP contribution in [0.25, 0.3) is 11.3 Å². The first kappa shape index (κ1) is 21.0. The van der Waals surface area contributed by atoms with Gasteiger partial charge in [0.05, 0.1) is 12.3 Å². The molecule has 2 aliphatic heterocycles. The highest BCUT2D eigenvalue weighted by Gasteiger charge is 2.42. The summed E-state index contributed by atoms with van der Waals surface area (Å²) in [4.78, 5) is 24.0. The van der Waals surface area contributed by atoms with Crippen molar-refractivity contribution >= 4 is 17.7 Å². The Kier molecular flexibility index (Phi) is 6.17.